The highest BCUT2D eigenvalue weighted by Gasteiger charge is 2.18. The van der Waals surface area contributed by atoms with Gasteiger partial charge in [0, 0.05) is 14.2 Å². The fourth-order valence-corrected chi connectivity index (χ4v) is 1.29. The first-order chi connectivity index (χ1) is 7.65. The monoisotopic (exact) mass is 231 g/mol. The quantitative estimate of drug-likeness (QED) is 0.462. The molecule has 0 aromatic carbocycles. The fraction of sp³-hybridized carbons (Fsp3) is 0.800. The van der Waals surface area contributed by atoms with Crippen LogP contribution in [0.2, 0.25) is 0 Å². The van der Waals surface area contributed by atoms with Crippen LogP contribution in [0.15, 0.2) is 0 Å². The summed E-state index contributed by atoms with van der Waals surface area (Å²) in [6.45, 7) is 0.785. The lowest BCUT2D eigenvalue weighted by atomic mass is 10.1. The SMILES string of the molecule is CNCCC[C@H](NC(=O)COC)C(=O)NC. The number of ether oxygens (including phenoxy) is 1. The summed E-state index contributed by atoms with van der Waals surface area (Å²) in [5, 5.41) is 8.14. The lowest BCUT2D eigenvalue weighted by molar-refractivity contribution is -0.130. The number of nitrogens with one attached hydrogen (secondary N) is 3. The van der Waals surface area contributed by atoms with E-state index in [4.69, 9.17) is 0 Å². The number of carbonyl (C=O) groups is 2. The molecule has 0 rings (SSSR count). The normalized spacial score (nSPS) is 11.9. The zero-order chi connectivity index (χ0) is 12.4. The highest BCUT2D eigenvalue weighted by atomic mass is 16.5. The van der Waals surface area contributed by atoms with E-state index in [9.17, 15) is 9.59 Å². The van der Waals surface area contributed by atoms with Gasteiger partial charge in [-0.2, -0.15) is 0 Å². The van der Waals surface area contributed by atoms with Crippen LogP contribution in [0.1, 0.15) is 12.8 Å². The Balaban J connectivity index is 4.09. The lowest BCUT2D eigenvalue weighted by Crippen LogP contribution is -2.47. The predicted molar refractivity (Wildman–Crippen MR) is 61.0 cm³/mol. The molecule has 6 heteroatoms. The second-order valence-corrected chi connectivity index (χ2v) is 3.41. The van der Waals surface area contributed by atoms with Crippen molar-refractivity contribution < 1.29 is 14.3 Å². The first-order valence-electron chi connectivity index (χ1n) is 5.30. The summed E-state index contributed by atoms with van der Waals surface area (Å²) in [6, 6.07) is -0.485. The molecule has 0 aromatic rings. The Hall–Kier alpha value is -1.14. The topological polar surface area (TPSA) is 79.5 Å². The van der Waals surface area contributed by atoms with E-state index in [-0.39, 0.29) is 18.4 Å². The predicted octanol–water partition coefficient (Wildman–Crippen LogP) is -1.14. The summed E-state index contributed by atoms with van der Waals surface area (Å²) in [5.74, 6) is -0.457. The summed E-state index contributed by atoms with van der Waals surface area (Å²) in [6.07, 6.45) is 1.43. The smallest absolute Gasteiger partial charge is 0.246 e. The molecule has 2 amide bonds. The van der Waals surface area contributed by atoms with E-state index in [1.807, 2.05) is 7.05 Å². The summed E-state index contributed by atoms with van der Waals surface area (Å²) in [4.78, 5) is 22.7. The Morgan fingerprint density at radius 2 is 2.00 bits per heavy atom. The number of likely N-dealkylation sites (N-methyl/N-ethyl adjacent to an activating group) is 1. The van der Waals surface area contributed by atoms with Crippen LogP contribution in [-0.2, 0) is 14.3 Å². The zero-order valence-corrected chi connectivity index (χ0v) is 10.1. The summed E-state index contributed by atoms with van der Waals surface area (Å²) < 4.78 is 4.69. The molecule has 1 atom stereocenters. The highest BCUT2D eigenvalue weighted by Crippen LogP contribution is 1.97. The van der Waals surface area contributed by atoms with Gasteiger partial charge in [-0.1, -0.05) is 0 Å². The van der Waals surface area contributed by atoms with Crippen molar-refractivity contribution >= 4 is 11.8 Å². The van der Waals surface area contributed by atoms with Crippen molar-refractivity contribution in [3.8, 4) is 0 Å². The molecule has 0 bridgehead atoms. The molecule has 0 aliphatic rings. The van der Waals surface area contributed by atoms with Crippen LogP contribution < -0.4 is 16.0 Å². The average Bonchev–Trinajstić information content (AvgIpc) is 2.27. The van der Waals surface area contributed by atoms with Crippen molar-refractivity contribution in [2.45, 2.75) is 18.9 Å². The Morgan fingerprint density at radius 3 is 2.50 bits per heavy atom. The molecule has 0 saturated heterocycles. The van der Waals surface area contributed by atoms with Crippen LogP contribution in [0.4, 0.5) is 0 Å². The van der Waals surface area contributed by atoms with Crippen LogP contribution in [0.5, 0.6) is 0 Å². The van der Waals surface area contributed by atoms with Crippen molar-refractivity contribution in [2.75, 3.05) is 34.4 Å². The van der Waals surface area contributed by atoms with Gasteiger partial charge in [-0.15, -0.1) is 0 Å². The Morgan fingerprint density at radius 1 is 1.31 bits per heavy atom. The van der Waals surface area contributed by atoms with E-state index in [0.717, 1.165) is 13.0 Å². The average molecular weight is 231 g/mol. The number of hydrogen-bond donors (Lipinski definition) is 3. The van der Waals surface area contributed by atoms with Crippen LogP contribution in [-0.4, -0.2) is 52.2 Å². The maximum absolute atomic E-state index is 11.5. The van der Waals surface area contributed by atoms with E-state index in [1.54, 1.807) is 7.05 Å². The number of methoxy groups -OCH3 is 1. The molecular formula is C10H21N3O3. The minimum atomic E-state index is -0.485. The van der Waals surface area contributed by atoms with Gasteiger partial charge >= 0.3 is 0 Å². The van der Waals surface area contributed by atoms with Gasteiger partial charge < -0.3 is 20.7 Å². The molecule has 6 nitrogen and oxygen atoms in total. The second-order valence-electron chi connectivity index (χ2n) is 3.41. The molecule has 0 aliphatic heterocycles. The van der Waals surface area contributed by atoms with Crippen LogP contribution >= 0.6 is 0 Å². The third-order valence-corrected chi connectivity index (χ3v) is 2.09. The van der Waals surface area contributed by atoms with E-state index >= 15 is 0 Å². The van der Waals surface area contributed by atoms with E-state index in [1.165, 1.54) is 7.11 Å². The fourth-order valence-electron chi connectivity index (χ4n) is 1.29. The van der Waals surface area contributed by atoms with Crippen LogP contribution in [0, 0.1) is 0 Å². The molecular weight excluding hydrogens is 210 g/mol. The van der Waals surface area contributed by atoms with Gasteiger partial charge in [-0.3, -0.25) is 9.59 Å². The van der Waals surface area contributed by atoms with Gasteiger partial charge in [0.2, 0.25) is 11.8 Å². The second kappa shape index (κ2) is 9.11. The molecule has 0 fully saturated rings. The summed E-state index contributed by atoms with van der Waals surface area (Å²) in [7, 11) is 4.84. The van der Waals surface area contributed by atoms with Gasteiger partial charge in [0.15, 0.2) is 0 Å². The molecule has 0 aromatic heterocycles. The Labute approximate surface area is 96.1 Å². The van der Waals surface area contributed by atoms with Crippen molar-refractivity contribution in [2.24, 2.45) is 0 Å². The molecule has 3 N–H and O–H groups in total. The number of amides is 2. The highest BCUT2D eigenvalue weighted by molar-refractivity contribution is 5.87. The van der Waals surface area contributed by atoms with Gasteiger partial charge in [0.25, 0.3) is 0 Å². The molecule has 0 radical (unpaired) electrons. The first-order valence-corrected chi connectivity index (χ1v) is 5.30. The Bertz CT molecular complexity index is 221. The molecule has 0 spiro atoms. The van der Waals surface area contributed by atoms with Gasteiger partial charge in [0.1, 0.15) is 12.6 Å². The van der Waals surface area contributed by atoms with E-state index < -0.39 is 6.04 Å². The number of hydrogen-bond acceptors (Lipinski definition) is 4. The lowest BCUT2D eigenvalue weighted by Gasteiger charge is -2.16. The van der Waals surface area contributed by atoms with Crippen molar-refractivity contribution in [3.05, 3.63) is 0 Å². The summed E-state index contributed by atoms with van der Waals surface area (Å²) >= 11 is 0. The standard InChI is InChI=1S/C10H21N3O3/c1-11-6-4-5-8(10(15)12-2)13-9(14)7-16-3/h8,11H,4-7H2,1-3H3,(H,12,15)(H,13,14)/t8-/m0/s1. The van der Waals surface area contributed by atoms with Gasteiger partial charge in [-0.25, -0.2) is 0 Å². The Kier molecular flexibility index (Phi) is 8.46. The molecule has 0 unspecified atom stereocenters. The van der Waals surface area contributed by atoms with E-state index in [0.29, 0.717) is 6.42 Å². The molecule has 94 valence electrons. The minimum absolute atomic E-state index is 0.0283. The van der Waals surface area contributed by atoms with Crippen molar-refractivity contribution in [1.29, 1.82) is 0 Å². The van der Waals surface area contributed by atoms with E-state index in [2.05, 4.69) is 20.7 Å². The van der Waals surface area contributed by atoms with Crippen LogP contribution in [0.3, 0.4) is 0 Å². The third-order valence-electron chi connectivity index (χ3n) is 2.09. The molecule has 0 heterocycles. The molecule has 16 heavy (non-hydrogen) atoms. The zero-order valence-electron chi connectivity index (χ0n) is 10.1. The number of carbonyl (C=O) groups excluding carboxylic acids is 2. The first kappa shape index (κ1) is 14.9. The molecule has 0 aliphatic carbocycles. The van der Waals surface area contributed by atoms with Crippen LogP contribution in [0.25, 0.3) is 0 Å². The summed E-state index contributed by atoms with van der Waals surface area (Å²) in [5.41, 5.74) is 0. The minimum Gasteiger partial charge on any atom is -0.375 e. The maximum Gasteiger partial charge on any atom is 0.246 e. The third kappa shape index (κ3) is 6.36. The van der Waals surface area contributed by atoms with Crippen molar-refractivity contribution in [1.82, 2.24) is 16.0 Å². The maximum atomic E-state index is 11.5. The number of rotatable bonds is 8. The largest absolute Gasteiger partial charge is 0.375 e. The van der Waals surface area contributed by atoms with Crippen molar-refractivity contribution in [3.63, 3.8) is 0 Å². The van der Waals surface area contributed by atoms with Gasteiger partial charge in [0.05, 0.1) is 0 Å². The van der Waals surface area contributed by atoms with Gasteiger partial charge in [-0.05, 0) is 26.4 Å². The molecule has 0 saturated carbocycles.